The molecule has 0 spiro atoms. The number of esters is 1. The van der Waals surface area contributed by atoms with Crippen molar-refractivity contribution in [1.29, 1.82) is 0 Å². The summed E-state index contributed by atoms with van der Waals surface area (Å²) in [5.41, 5.74) is -1.89. The number of rotatable bonds is 4. The second-order valence-electron chi connectivity index (χ2n) is 5.96. The number of carbonyl (C=O) groups is 3. The fourth-order valence-electron chi connectivity index (χ4n) is 1.64. The molecule has 0 aliphatic carbocycles. The van der Waals surface area contributed by atoms with E-state index in [1.165, 1.54) is 19.1 Å². The van der Waals surface area contributed by atoms with Gasteiger partial charge in [0.15, 0.2) is 6.29 Å². The molecule has 0 fully saturated rings. The summed E-state index contributed by atoms with van der Waals surface area (Å²) in [6, 6.07) is 3.20. The number of methoxy groups -OCH3 is 1. The average molecular weight is 327 g/mol. The van der Waals surface area contributed by atoms with Crippen LogP contribution >= 0.6 is 11.3 Å². The number of carbonyl (C=O) groups excluding carboxylic acids is 3. The third kappa shape index (κ3) is 3.85. The van der Waals surface area contributed by atoms with E-state index in [2.05, 4.69) is 4.74 Å². The summed E-state index contributed by atoms with van der Waals surface area (Å²) in [7, 11) is 2.77. The van der Waals surface area contributed by atoms with Crippen LogP contribution in [0.3, 0.4) is 0 Å². The van der Waals surface area contributed by atoms with Gasteiger partial charge >= 0.3 is 12.1 Å². The molecule has 22 heavy (non-hydrogen) atoms. The fourth-order valence-corrected chi connectivity index (χ4v) is 2.71. The maximum atomic E-state index is 12.2. The standard InChI is InChI=1S/C15H21NO5S/c1-14(2,3)21-13(19)16(5)15(4,9-17)11-8-7-10(22-11)12(18)20-6/h7-9H,1-6H3. The van der Waals surface area contributed by atoms with Crippen LogP contribution in [-0.2, 0) is 19.8 Å². The summed E-state index contributed by atoms with van der Waals surface area (Å²) in [4.78, 5) is 37.5. The van der Waals surface area contributed by atoms with E-state index >= 15 is 0 Å². The van der Waals surface area contributed by atoms with E-state index in [4.69, 9.17) is 4.74 Å². The van der Waals surface area contributed by atoms with Crippen LogP contribution in [0.1, 0.15) is 42.2 Å². The Labute approximate surface area is 134 Å². The molecule has 7 heteroatoms. The number of aldehydes is 1. The van der Waals surface area contributed by atoms with Crippen LogP contribution < -0.4 is 0 Å². The summed E-state index contributed by atoms with van der Waals surface area (Å²) in [6.45, 7) is 6.84. The van der Waals surface area contributed by atoms with Crippen LogP contribution in [0.4, 0.5) is 4.79 Å². The van der Waals surface area contributed by atoms with E-state index in [-0.39, 0.29) is 0 Å². The molecule has 1 amide bonds. The maximum Gasteiger partial charge on any atom is 0.411 e. The van der Waals surface area contributed by atoms with Gasteiger partial charge in [-0.05, 0) is 39.8 Å². The first kappa shape index (κ1) is 18.2. The molecule has 0 radical (unpaired) electrons. The van der Waals surface area contributed by atoms with Gasteiger partial charge in [0.25, 0.3) is 0 Å². The van der Waals surface area contributed by atoms with Gasteiger partial charge in [0.05, 0.1) is 7.11 Å². The lowest BCUT2D eigenvalue weighted by Gasteiger charge is -2.34. The number of ether oxygens (including phenoxy) is 2. The van der Waals surface area contributed by atoms with Crippen molar-refractivity contribution in [3.05, 3.63) is 21.9 Å². The van der Waals surface area contributed by atoms with E-state index in [0.29, 0.717) is 16.0 Å². The Balaban J connectivity index is 3.10. The highest BCUT2D eigenvalue weighted by Crippen LogP contribution is 2.32. The lowest BCUT2D eigenvalue weighted by Crippen LogP contribution is -2.47. The van der Waals surface area contributed by atoms with Crippen LogP contribution in [0.2, 0.25) is 0 Å². The predicted octanol–water partition coefficient (Wildman–Crippen LogP) is 2.82. The molecular formula is C15H21NO5S. The van der Waals surface area contributed by atoms with Crippen molar-refractivity contribution in [2.75, 3.05) is 14.2 Å². The number of amides is 1. The molecule has 1 unspecified atom stereocenters. The van der Waals surface area contributed by atoms with Crippen LogP contribution in [0.25, 0.3) is 0 Å². The van der Waals surface area contributed by atoms with Crippen LogP contribution in [-0.4, -0.2) is 43.0 Å². The van der Waals surface area contributed by atoms with Crippen LogP contribution in [0, 0.1) is 0 Å². The van der Waals surface area contributed by atoms with E-state index in [1.807, 2.05) is 0 Å². The number of likely N-dealkylation sites (N-methyl/N-ethyl adjacent to an activating group) is 1. The highest BCUT2D eigenvalue weighted by Gasteiger charge is 2.38. The molecule has 0 saturated heterocycles. The summed E-state index contributed by atoms with van der Waals surface area (Å²) in [5, 5.41) is 0. The lowest BCUT2D eigenvalue weighted by molar-refractivity contribution is -0.117. The van der Waals surface area contributed by atoms with Gasteiger partial charge in [-0.15, -0.1) is 11.3 Å². The Hall–Kier alpha value is -1.89. The summed E-state index contributed by atoms with van der Waals surface area (Å²) in [6.07, 6.45) is 0.0409. The smallest absolute Gasteiger partial charge is 0.411 e. The summed E-state index contributed by atoms with van der Waals surface area (Å²) < 4.78 is 9.93. The maximum absolute atomic E-state index is 12.2. The fraction of sp³-hybridized carbons (Fsp3) is 0.533. The van der Waals surface area contributed by atoms with Crippen molar-refractivity contribution in [2.24, 2.45) is 0 Å². The molecule has 1 rings (SSSR count). The van der Waals surface area contributed by atoms with Gasteiger partial charge in [-0.2, -0.15) is 0 Å². The van der Waals surface area contributed by atoms with Gasteiger partial charge in [-0.1, -0.05) is 0 Å². The Morgan fingerprint density at radius 2 is 1.82 bits per heavy atom. The number of hydrogen-bond acceptors (Lipinski definition) is 6. The Morgan fingerprint density at radius 1 is 1.23 bits per heavy atom. The van der Waals surface area contributed by atoms with Crippen molar-refractivity contribution in [3.63, 3.8) is 0 Å². The molecular weight excluding hydrogens is 306 g/mol. The molecule has 0 N–H and O–H groups in total. The molecule has 122 valence electrons. The first-order valence-electron chi connectivity index (χ1n) is 6.67. The minimum Gasteiger partial charge on any atom is -0.465 e. The van der Waals surface area contributed by atoms with E-state index in [1.54, 1.807) is 39.8 Å². The van der Waals surface area contributed by atoms with Crippen molar-refractivity contribution in [3.8, 4) is 0 Å². The quantitative estimate of drug-likeness (QED) is 0.628. The topological polar surface area (TPSA) is 72.9 Å². The molecule has 0 saturated carbocycles. The van der Waals surface area contributed by atoms with Crippen molar-refractivity contribution in [2.45, 2.75) is 38.8 Å². The minimum atomic E-state index is -1.22. The Kier molecular flexibility index (Phi) is 5.35. The monoisotopic (exact) mass is 327 g/mol. The second-order valence-corrected chi connectivity index (χ2v) is 7.04. The van der Waals surface area contributed by atoms with Crippen molar-refractivity contribution >= 4 is 29.7 Å². The van der Waals surface area contributed by atoms with E-state index in [0.717, 1.165) is 11.3 Å². The first-order valence-corrected chi connectivity index (χ1v) is 7.48. The zero-order valence-corrected chi connectivity index (χ0v) is 14.4. The third-order valence-corrected chi connectivity index (χ3v) is 4.38. The molecule has 1 aromatic rings. The molecule has 0 aliphatic heterocycles. The van der Waals surface area contributed by atoms with Crippen molar-refractivity contribution in [1.82, 2.24) is 4.90 Å². The minimum absolute atomic E-state index is 0.364. The van der Waals surface area contributed by atoms with Crippen LogP contribution in [0.15, 0.2) is 12.1 Å². The predicted molar refractivity (Wildman–Crippen MR) is 83.1 cm³/mol. The highest BCUT2D eigenvalue weighted by atomic mass is 32.1. The molecule has 1 heterocycles. The highest BCUT2D eigenvalue weighted by molar-refractivity contribution is 7.14. The van der Waals surface area contributed by atoms with Gasteiger partial charge in [0.1, 0.15) is 16.0 Å². The number of nitrogens with zero attached hydrogens (tertiary/aromatic N) is 1. The van der Waals surface area contributed by atoms with Crippen molar-refractivity contribution < 1.29 is 23.9 Å². The zero-order chi connectivity index (χ0) is 17.1. The largest absolute Gasteiger partial charge is 0.465 e. The Morgan fingerprint density at radius 3 is 2.27 bits per heavy atom. The molecule has 1 atom stereocenters. The SMILES string of the molecule is COC(=O)c1ccc(C(C)(C=O)N(C)C(=O)OC(C)(C)C)s1. The molecule has 6 nitrogen and oxygen atoms in total. The molecule has 0 aromatic carbocycles. The van der Waals surface area contributed by atoms with Gasteiger partial charge in [0, 0.05) is 11.9 Å². The van der Waals surface area contributed by atoms with Crippen LogP contribution in [0.5, 0.6) is 0 Å². The first-order chi connectivity index (χ1) is 10.0. The van der Waals surface area contributed by atoms with Gasteiger partial charge in [-0.3, -0.25) is 4.90 Å². The molecule has 1 aromatic heterocycles. The van der Waals surface area contributed by atoms with Gasteiger partial charge in [-0.25, -0.2) is 9.59 Å². The average Bonchev–Trinajstić information content (AvgIpc) is 2.93. The summed E-state index contributed by atoms with van der Waals surface area (Å²) >= 11 is 1.11. The van der Waals surface area contributed by atoms with Gasteiger partial charge < -0.3 is 14.3 Å². The van der Waals surface area contributed by atoms with Gasteiger partial charge in [0.2, 0.25) is 0 Å². The zero-order valence-electron chi connectivity index (χ0n) is 13.6. The summed E-state index contributed by atoms with van der Waals surface area (Å²) in [5.74, 6) is -0.482. The molecule has 0 aliphatic rings. The lowest BCUT2D eigenvalue weighted by atomic mass is 10.0. The molecule has 0 bridgehead atoms. The third-order valence-electron chi connectivity index (χ3n) is 3.09. The Bertz CT molecular complexity index is 575. The second kappa shape index (κ2) is 6.48. The number of hydrogen-bond donors (Lipinski definition) is 0. The number of thiophene rings is 1. The normalized spacial score (nSPS) is 13.9. The van der Waals surface area contributed by atoms with E-state index < -0.39 is 23.2 Å². The van der Waals surface area contributed by atoms with E-state index in [9.17, 15) is 14.4 Å².